The minimum absolute atomic E-state index is 0.101. The van der Waals surface area contributed by atoms with Crippen molar-refractivity contribution in [1.29, 1.82) is 0 Å². The van der Waals surface area contributed by atoms with E-state index in [2.05, 4.69) is 10.6 Å². The number of hydrogen-bond donors (Lipinski definition) is 2. The van der Waals surface area contributed by atoms with Crippen LogP contribution in [0.4, 0.5) is 4.79 Å². The number of carbonyl (C=O) groups is 2. The van der Waals surface area contributed by atoms with Crippen LogP contribution < -0.4 is 20.1 Å². The molecule has 0 aliphatic heterocycles. The molecular weight excluding hydrogens is 332 g/mol. The number of urea groups is 1. The van der Waals surface area contributed by atoms with Crippen LogP contribution in [0.1, 0.15) is 38.5 Å². The monoisotopic (exact) mass is 358 g/mol. The standard InChI is InChI=1S/C20H26N2O4/c1-25-16-2-4-17(5-3-16)26-12-18(23)21-19(24)22-20-9-13-6-14(10-20)8-15(7-13)11-20/h2-5,13-15H,6-12H2,1H3,(H2,21,22,23,24). The Morgan fingerprint density at radius 3 is 2.08 bits per heavy atom. The first-order valence-corrected chi connectivity index (χ1v) is 9.42. The Labute approximate surface area is 153 Å². The van der Waals surface area contributed by atoms with E-state index >= 15 is 0 Å². The van der Waals surface area contributed by atoms with Crippen LogP contribution >= 0.6 is 0 Å². The molecule has 4 saturated carbocycles. The molecule has 0 atom stereocenters. The van der Waals surface area contributed by atoms with Crippen LogP contribution in [0.15, 0.2) is 24.3 Å². The van der Waals surface area contributed by atoms with Crippen molar-refractivity contribution in [2.75, 3.05) is 13.7 Å². The van der Waals surface area contributed by atoms with Gasteiger partial charge in [0.1, 0.15) is 11.5 Å². The molecule has 0 spiro atoms. The molecule has 140 valence electrons. The fourth-order valence-corrected chi connectivity index (χ4v) is 5.52. The molecule has 0 aromatic heterocycles. The molecule has 0 radical (unpaired) electrons. The fraction of sp³-hybridized carbons (Fsp3) is 0.600. The normalized spacial score (nSPS) is 31.3. The Kier molecular flexibility index (Phi) is 4.51. The molecule has 5 rings (SSSR count). The predicted molar refractivity (Wildman–Crippen MR) is 96.1 cm³/mol. The molecular formula is C20H26N2O4. The first-order chi connectivity index (χ1) is 12.5. The lowest BCUT2D eigenvalue weighted by atomic mass is 9.53. The zero-order valence-electron chi connectivity index (χ0n) is 15.1. The summed E-state index contributed by atoms with van der Waals surface area (Å²) in [7, 11) is 1.59. The van der Waals surface area contributed by atoms with Crippen molar-refractivity contribution in [1.82, 2.24) is 10.6 Å². The Morgan fingerprint density at radius 1 is 1.00 bits per heavy atom. The van der Waals surface area contributed by atoms with E-state index in [1.165, 1.54) is 19.3 Å². The molecule has 4 fully saturated rings. The molecule has 4 bridgehead atoms. The van der Waals surface area contributed by atoms with E-state index in [1.807, 2.05) is 0 Å². The highest BCUT2D eigenvalue weighted by Crippen LogP contribution is 2.55. The topological polar surface area (TPSA) is 76.7 Å². The number of amides is 3. The Bertz CT molecular complexity index is 650. The van der Waals surface area contributed by atoms with Gasteiger partial charge < -0.3 is 14.8 Å². The van der Waals surface area contributed by atoms with Crippen molar-refractivity contribution in [2.24, 2.45) is 17.8 Å². The summed E-state index contributed by atoms with van der Waals surface area (Å²) in [5.74, 6) is 3.07. The number of imide groups is 1. The zero-order valence-corrected chi connectivity index (χ0v) is 15.1. The van der Waals surface area contributed by atoms with Gasteiger partial charge in [0.2, 0.25) is 0 Å². The maximum absolute atomic E-state index is 12.3. The number of hydrogen-bond acceptors (Lipinski definition) is 4. The van der Waals surface area contributed by atoms with Crippen molar-refractivity contribution in [3.05, 3.63) is 24.3 Å². The number of methoxy groups -OCH3 is 1. The quantitative estimate of drug-likeness (QED) is 0.849. The van der Waals surface area contributed by atoms with Crippen molar-refractivity contribution >= 4 is 11.9 Å². The van der Waals surface area contributed by atoms with Crippen LogP contribution in [-0.4, -0.2) is 31.2 Å². The molecule has 4 aliphatic carbocycles. The first-order valence-electron chi connectivity index (χ1n) is 9.42. The van der Waals surface area contributed by atoms with E-state index in [0.717, 1.165) is 42.8 Å². The molecule has 1 aromatic rings. The highest BCUT2D eigenvalue weighted by molar-refractivity contribution is 5.95. The van der Waals surface area contributed by atoms with Crippen molar-refractivity contribution in [3.63, 3.8) is 0 Å². The minimum atomic E-state index is -0.442. The van der Waals surface area contributed by atoms with Gasteiger partial charge in [-0.1, -0.05) is 0 Å². The van der Waals surface area contributed by atoms with Crippen LogP contribution in [0, 0.1) is 17.8 Å². The van der Waals surface area contributed by atoms with E-state index in [9.17, 15) is 9.59 Å². The van der Waals surface area contributed by atoms with Gasteiger partial charge in [-0.15, -0.1) is 0 Å². The lowest BCUT2D eigenvalue weighted by Crippen LogP contribution is -2.62. The average Bonchev–Trinajstić information content (AvgIpc) is 2.58. The van der Waals surface area contributed by atoms with Crippen molar-refractivity contribution in [3.8, 4) is 11.5 Å². The molecule has 6 nitrogen and oxygen atoms in total. The highest BCUT2D eigenvalue weighted by Gasteiger charge is 2.51. The van der Waals surface area contributed by atoms with E-state index in [4.69, 9.17) is 9.47 Å². The van der Waals surface area contributed by atoms with Crippen LogP contribution in [0.3, 0.4) is 0 Å². The smallest absolute Gasteiger partial charge is 0.321 e. The summed E-state index contributed by atoms with van der Waals surface area (Å²) in [6.07, 6.45) is 7.13. The number of carbonyl (C=O) groups excluding carboxylic acids is 2. The van der Waals surface area contributed by atoms with Crippen LogP contribution in [0.25, 0.3) is 0 Å². The summed E-state index contributed by atoms with van der Waals surface area (Å²) in [6.45, 7) is -0.194. The molecule has 1 aromatic carbocycles. The molecule has 6 heteroatoms. The summed E-state index contributed by atoms with van der Waals surface area (Å²) in [6, 6.07) is 6.57. The van der Waals surface area contributed by atoms with Gasteiger partial charge in [0, 0.05) is 5.54 Å². The second-order valence-electron chi connectivity index (χ2n) is 8.16. The largest absolute Gasteiger partial charge is 0.497 e. The molecule has 3 amide bonds. The highest BCUT2D eigenvalue weighted by atomic mass is 16.5. The fourth-order valence-electron chi connectivity index (χ4n) is 5.52. The maximum atomic E-state index is 12.3. The number of ether oxygens (including phenoxy) is 2. The molecule has 0 heterocycles. The summed E-state index contributed by atoms with van der Waals surface area (Å²) >= 11 is 0. The summed E-state index contributed by atoms with van der Waals surface area (Å²) in [4.78, 5) is 24.3. The van der Waals surface area contributed by atoms with Gasteiger partial charge in [-0.3, -0.25) is 10.1 Å². The van der Waals surface area contributed by atoms with Gasteiger partial charge in [0.05, 0.1) is 7.11 Å². The lowest BCUT2D eigenvalue weighted by molar-refractivity contribution is -0.122. The van der Waals surface area contributed by atoms with E-state index < -0.39 is 11.9 Å². The van der Waals surface area contributed by atoms with Crippen LogP contribution in [-0.2, 0) is 4.79 Å². The number of benzene rings is 1. The van der Waals surface area contributed by atoms with E-state index in [0.29, 0.717) is 5.75 Å². The molecule has 4 aliphatic rings. The van der Waals surface area contributed by atoms with Crippen LogP contribution in [0.5, 0.6) is 11.5 Å². The molecule has 2 N–H and O–H groups in total. The number of rotatable bonds is 5. The Hall–Kier alpha value is -2.24. The molecule has 26 heavy (non-hydrogen) atoms. The van der Waals surface area contributed by atoms with Gasteiger partial charge in [-0.25, -0.2) is 4.79 Å². The SMILES string of the molecule is COc1ccc(OCC(=O)NC(=O)NC23CC4CC(CC(C4)C2)C3)cc1. The van der Waals surface area contributed by atoms with E-state index in [-0.39, 0.29) is 12.1 Å². The summed E-state index contributed by atoms with van der Waals surface area (Å²) in [5.41, 5.74) is -0.101. The second-order valence-corrected chi connectivity index (χ2v) is 8.16. The predicted octanol–water partition coefficient (Wildman–Crippen LogP) is 2.87. The molecule has 0 unspecified atom stereocenters. The maximum Gasteiger partial charge on any atom is 0.321 e. The van der Waals surface area contributed by atoms with E-state index in [1.54, 1.807) is 31.4 Å². The average molecular weight is 358 g/mol. The molecule has 0 saturated heterocycles. The third kappa shape index (κ3) is 3.64. The number of nitrogens with one attached hydrogen (secondary N) is 2. The van der Waals surface area contributed by atoms with Gasteiger partial charge in [-0.05, 0) is 80.5 Å². The second kappa shape index (κ2) is 6.82. The first kappa shape index (κ1) is 17.2. The third-order valence-corrected chi connectivity index (χ3v) is 6.10. The zero-order chi connectivity index (χ0) is 18.1. The third-order valence-electron chi connectivity index (χ3n) is 6.10. The Morgan fingerprint density at radius 2 is 1.54 bits per heavy atom. The Balaban J connectivity index is 1.26. The lowest BCUT2D eigenvalue weighted by Gasteiger charge is -2.56. The summed E-state index contributed by atoms with van der Waals surface area (Å²) in [5, 5.41) is 5.53. The van der Waals surface area contributed by atoms with Crippen molar-refractivity contribution in [2.45, 2.75) is 44.1 Å². The summed E-state index contributed by atoms with van der Waals surface area (Å²) < 4.78 is 10.5. The van der Waals surface area contributed by atoms with Gasteiger partial charge >= 0.3 is 6.03 Å². The van der Waals surface area contributed by atoms with Gasteiger partial charge in [-0.2, -0.15) is 0 Å². The van der Waals surface area contributed by atoms with Gasteiger partial charge in [0.15, 0.2) is 6.61 Å². The minimum Gasteiger partial charge on any atom is -0.497 e. The van der Waals surface area contributed by atoms with Crippen LogP contribution in [0.2, 0.25) is 0 Å². The van der Waals surface area contributed by atoms with Crippen molar-refractivity contribution < 1.29 is 19.1 Å². The van der Waals surface area contributed by atoms with Gasteiger partial charge in [0.25, 0.3) is 5.91 Å².